The van der Waals surface area contributed by atoms with Crippen molar-refractivity contribution in [1.82, 2.24) is 0 Å². The fourth-order valence-electron chi connectivity index (χ4n) is 9.86. The Labute approximate surface area is 426 Å². The van der Waals surface area contributed by atoms with Crippen LogP contribution in [0.4, 0.5) is 34.1 Å². The van der Waals surface area contributed by atoms with Crippen LogP contribution in [-0.4, -0.2) is 0 Å². The van der Waals surface area contributed by atoms with Gasteiger partial charge in [0.25, 0.3) is 0 Å². The molecule has 2 aromatic heterocycles. The Hall–Kier alpha value is -7.12. The summed E-state index contributed by atoms with van der Waals surface area (Å²) in [6.45, 7) is 13.4. The summed E-state index contributed by atoms with van der Waals surface area (Å²) in [4.78, 5) is 4.59. The topological polar surface area (TPSA) is 32.8 Å². The molecule has 10 aromatic carbocycles. The van der Waals surface area contributed by atoms with Crippen LogP contribution in [0.1, 0.15) is 52.7 Å². The second kappa shape index (κ2) is 18.0. The summed E-state index contributed by atoms with van der Waals surface area (Å²) in [7, 11) is 0. The number of hydrogen-bond acceptors (Lipinski definition) is 4. The van der Waals surface area contributed by atoms with Crippen molar-refractivity contribution in [2.45, 2.75) is 52.4 Å². The van der Waals surface area contributed by atoms with E-state index < -0.39 is 0 Å². The third kappa shape index (κ3) is 8.23. The average molecular weight is 1040 g/mol. The van der Waals surface area contributed by atoms with Crippen molar-refractivity contribution in [3.05, 3.63) is 226 Å². The molecule has 0 saturated heterocycles. The van der Waals surface area contributed by atoms with Crippen molar-refractivity contribution >= 4 is 131 Å². The molecule has 0 saturated carbocycles. The van der Waals surface area contributed by atoms with Gasteiger partial charge in [0.2, 0.25) is 0 Å². The number of rotatable bonds is 6. The first kappa shape index (κ1) is 45.3. The van der Waals surface area contributed by atoms with Crippen LogP contribution in [0.3, 0.4) is 0 Å². The van der Waals surface area contributed by atoms with Crippen LogP contribution in [0, 0.1) is 0 Å². The predicted octanol–water partition coefficient (Wildman–Crippen LogP) is 20.5. The number of hydrogen-bond donors (Lipinski definition) is 0. The van der Waals surface area contributed by atoms with Crippen LogP contribution in [0.5, 0.6) is 0 Å². The third-order valence-electron chi connectivity index (χ3n) is 13.3. The molecule has 0 radical (unpaired) electrons. The van der Waals surface area contributed by atoms with Crippen LogP contribution in [0.25, 0.3) is 65.4 Å². The van der Waals surface area contributed by atoms with Gasteiger partial charge >= 0.3 is 0 Å². The van der Waals surface area contributed by atoms with Crippen molar-refractivity contribution in [3.63, 3.8) is 0 Å². The van der Waals surface area contributed by atoms with Crippen molar-refractivity contribution < 1.29 is 8.83 Å². The second-order valence-electron chi connectivity index (χ2n) is 20.0. The second-order valence-corrected chi connectivity index (χ2v) is 21.7. The van der Waals surface area contributed by atoms with Gasteiger partial charge < -0.3 is 18.6 Å². The predicted molar refractivity (Wildman–Crippen MR) is 305 cm³/mol. The fraction of sp³-hybridized carbons (Fsp3) is 0.125. The maximum absolute atomic E-state index is 6.81. The summed E-state index contributed by atoms with van der Waals surface area (Å²) < 4.78 is 15.6. The van der Waals surface area contributed by atoms with E-state index in [0.29, 0.717) is 0 Å². The van der Waals surface area contributed by atoms with Crippen LogP contribution in [-0.2, 0) is 10.8 Å². The van der Waals surface area contributed by atoms with Crippen molar-refractivity contribution in [3.8, 4) is 0 Å². The van der Waals surface area contributed by atoms with E-state index in [2.05, 4.69) is 283 Å². The molecule has 0 aliphatic heterocycles. The molecular formula is C64H52Br2N2O2. The van der Waals surface area contributed by atoms with Gasteiger partial charge in [0, 0.05) is 64.4 Å². The van der Waals surface area contributed by atoms with Crippen molar-refractivity contribution in [1.29, 1.82) is 0 Å². The third-order valence-corrected chi connectivity index (χ3v) is 14.6. The summed E-state index contributed by atoms with van der Waals surface area (Å²) in [6.07, 6.45) is 0. The first-order valence-corrected chi connectivity index (χ1v) is 25.4. The Kier molecular flexibility index (Phi) is 11.7. The summed E-state index contributed by atoms with van der Waals surface area (Å²) in [5.41, 5.74) is 12.4. The van der Waals surface area contributed by atoms with Crippen molar-refractivity contribution in [2.24, 2.45) is 0 Å². The minimum absolute atomic E-state index is 0.00892. The Morgan fingerprint density at radius 3 is 1.30 bits per heavy atom. The molecule has 0 N–H and O–H groups in total. The number of halogens is 2. The van der Waals surface area contributed by atoms with E-state index in [0.717, 1.165) is 86.9 Å². The van der Waals surface area contributed by atoms with Crippen LogP contribution >= 0.6 is 31.9 Å². The summed E-state index contributed by atoms with van der Waals surface area (Å²) in [5, 5.41) is 9.34. The van der Waals surface area contributed by atoms with Gasteiger partial charge in [0.1, 0.15) is 11.2 Å². The van der Waals surface area contributed by atoms with Gasteiger partial charge in [-0.05, 0) is 105 Å². The number of furan rings is 2. The lowest BCUT2D eigenvalue weighted by Crippen LogP contribution is -2.11. The van der Waals surface area contributed by atoms with Gasteiger partial charge in [0.15, 0.2) is 11.2 Å². The van der Waals surface area contributed by atoms with E-state index in [4.69, 9.17) is 8.83 Å². The van der Waals surface area contributed by atoms with E-state index in [1.807, 2.05) is 6.07 Å². The molecule has 0 spiro atoms. The highest BCUT2D eigenvalue weighted by Gasteiger charge is 2.27. The number of para-hydroxylation sites is 4. The van der Waals surface area contributed by atoms with Crippen LogP contribution in [0.2, 0.25) is 0 Å². The maximum Gasteiger partial charge on any atom is 0.160 e. The molecule has 6 heteroatoms. The lowest BCUT2D eigenvalue weighted by atomic mass is 9.86. The van der Waals surface area contributed by atoms with Gasteiger partial charge in [-0.25, -0.2) is 0 Å². The first-order valence-electron chi connectivity index (χ1n) is 23.8. The lowest BCUT2D eigenvalue weighted by molar-refractivity contribution is 0.572. The van der Waals surface area contributed by atoms with Crippen LogP contribution in [0.15, 0.2) is 224 Å². The van der Waals surface area contributed by atoms with Gasteiger partial charge in [-0.3, -0.25) is 0 Å². The molecular weight excluding hydrogens is 989 g/mol. The van der Waals surface area contributed by atoms with Gasteiger partial charge in [-0.15, -0.1) is 0 Å². The highest BCUT2D eigenvalue weighted by molar-refractivity contribution is 9.11. The lowest BCUT2D eigenvalue weighted by Gasteiger charge is -2.26. The van der Waals surface area contributed by atoms with Crippen molar-refractivity contribution in [2.75, 3.05) is 9.80 Å². The maximum atomic E-state index is 6.81. The quantitative estimate of drug-likeness (QED) is 0.166. The number of nitrogens with zero attached hydrogens (tertiary/aromatic N) is 2. The Balaban J connectivity index is 0.000000153. The standard InChI is InChI=1S/C32H25Br2NO.C32H27NO/c1-32(2,3)24-15-16-25(33)28-29-26(34)17-18-27(31(29)36-30(24)28)35(22-11-5-4-6-12-22)23-14-13-20-9-7-8-10-21(20)19-23;1-32(2,3)28-17-9-15-26-27-16-10-18-29(31(27)34-30(26)28)33(24-13-5-4-6-14-24)25-20-19-22-11-7-8-12-23(22)21-25/h4-19H,1-3H3;4-21H,1-3H3. The SMILES string of the molecule is CC(C)(C)c1ccc(Br)c2c1oc1c(N(c3ccccc3)c3ccc4ccccc4c3)ccc(Br)c12.CC(C)(C)c1cccc2c1oc1c(N(c3ccccc3)c3ccc4ccccc4c3)cccc12. The smallest absolute Gasteiger partial charge is 0.160 e. The number of benzene rings is 10. The number of anilines is 6. The zero-order valence-corrected chi connectivity index (χ0v) is 43.3. The number of fused-ring (bicyclic) bond motifs is 8. The molecule has 4 nitrogen and oxygen atoms in total. The van der Waals surface area contributed by atoms with E-state index >= 15 is 0 Å². The van der Waals surface area contributed by atoms with E-state index in [-0.39, 0.29) is 10.8 Å². The molecule has 0 aliphatic carbocycles. The summed E-state index contributed by atoms with van der Waals surface area (Å²) in [6, 6.07) is 72.7. The minimum Gasteiger partial charge on any atom is -0.454 e. The first-order chi connectivity index (χ1) is 33.8. The average Bonchev–Trinajstić information content (AvgIpc) is 3.97. The molecule has 0 atom stereocenters. The highest BCUT2D eigenvalue weighted by Crippen LogP contribution is 2.49. The van der Waals surface area contributed by atoms with E-state index in [1.54, 1.807) is 0 Å². The monoisotopic (exact) mass is 1040 g/mol. The zero-order chi connectivity index (χ0) is 48.3. The summed E-state index contributed by atoms with van der Waals surface area (Å²) >= 11 is 7.65. The molecule has 12 aromatic rings. The van der Waals surface area contributed by atoms with Crippen LogP contribution < -0.4 is 9.80 Å². The van der Waals surface area contributed by atoms with E-state index in [9.17, 15) is 0 Å². The molecule has 70 heavy (non-hydrogen) atoms. The molecule has 0 bridgehead atoms. The van der Waals surface area contributed by atoms with Gasteiger partial charge in [0.05, 0.1) is 11.4 Å². The fourth-order valence-corrected chi connectivity index (χ4v) is 10.9. The Morgan fingerprint density at radius 1 is 0.329 bits per heavy atom. The normalized spacial score (nSPS) is 12.0. The molecule has 0 amide bonds. The Bertz CT molecular complexity index is 3900. The molecule has 2 heterocycles. The molecule has 0 unspecified atom stereocenters. The molecule has 0 fully saturated rings. The van der Waals surface area contributed by atoms with E-state index in [1.165, 1.54) is 32.7 Å². The molecule has 12 rings (SSSR count). The zero-order valence-electron chi connectivity index (χ0n) is 40.1. The minimum atomic E-state index is -0.0586. The molecule has 0 aliphatic rings. The summed E-state index contributed by atoms with van der Waals surface area (Å²) in [5.74, 6) is 0. The van der Waals surface area contributed by atoms with Gasteiger partial charge in [-0.2, -0.15) is 0 Å². The molecule has 344 valence electrons. The largest absolute Gasteiger partial charge is 0.454 e. The van der Waals surface area contributed by atoms with Gasteiger partial charge in [-0.1, -0.05) is 207 Å². The Morgan fingerprint density at radius 2 is 0.757 bits per heavy atom. The highest BCUT2D eigenvalue weighted by atomic mass is 79.9.